The summed E-state index contributed by atoms with van der Waals surface area (Å²) in [5, 5.41) is 0.982. The molecule has 0 atom stereocenters. The molecular weight excluding hydrogens is 232 g/mol. The zero-order valence-electron chi connectivity index (χ0n) is 10.6. The Labute approximate surface area is 107 Å². The maximum absolute atomic E-state index is 10.8. The van der Waals surface area contributed by atoms with E-state index in [0.29, 0.717) is 0 Å². The zero-order chi connectivity index (χ0) is 12.3. The van der Waals surface area contributed by atoms with Crippen molar-refractivity contribution >= 4 is 22.8 Å². The van der Waals surface area contributed by atoms with Crippen LogP contribution in [0.3, 0.4) is 0 Å². The summed E-state index contributed by atoms with van der Waals surface area (Å²) in [5.74, 6) is 0.803. The smallest absolute Gasteiger partial charge is 0.185 e. The highest BCUT2D eigenvalue weighted by Crippen LogP contribution is 2.28. The van der Waals surface area contributed by atoms with Gasteiger partial charge in [0.1, 0.15) is 0 Å². The molecule has 0 unspecified atom stereocenters. The van der Waals surface area contributed by atoms with Gasteiger partial charge in [0.25, 0.3) is 0 Å². The van der Waals surface area contributed by atoms with Crippen molar-refractivity contribution in [1.29, 1.82) is 0 Å². The van der Waals surface area contributed by atoms with Gasteiger partial charge in [-0.15, -0.1) is 0 Å². The molecule has 1 aliphatic carbocycles. The van der Waals surface area contributed by atoms with Crippen molar-refractivity contribution in [3.63, 3.8) is 0 Å². The van der Waals surface area contributed by atoms with E-state index in [2.05, 4.69) is 16.9 Å². The number of hydrogen-bond acceptors (Lipinski definition) is 4. The standard InChI is InChI=1S/C13H20N2OS/c1-10-12(9-16)17-13(14-10)15(2)8-11-6-4-3-5-7-11/h9,11H,3-8H2,1-2H3. The summed E-state index contributed by atoms with van der Waals surface area (Å²) in [7, 11) is 2.08. The number of carbonyl (C=O) groups excluding carboxylic acids is 1. The summed E-state index contributed by atoms with van der Waals surface area (Å²) < 4.78 is 0. The molecule has 17 heavy (non-hydrogen) atoms. The third-order valence-electron chi connectivity index (χ3n) is 3.51. The maximum atomic E-state index is 10.8. The van der Waals surface area contributed by atoms with Gasteiger partial charge in [-0.25, -0.2) is 4.98 Å². The van der Waals surface area contributed by atoms with Crippen LogP contribution in [0.25, 0.3) is 0 Å². The quantitative estimate of drug-likeness (QED) is 0.771. The van der Waals surface area contributed by atoms with Gasteiger partial charge in [-0.1, -0.05) is 30.6 Å². The molecule has 0 spiro atoms. The summed E-state index contributed by atoms with van der Waals surface area (Å²) in [5.41, 5.74) is 0.857. The molecule has 1 saturated carbocycles. The van der Waals surface area contributed by atoms with E-state index < -0.39 is 0 Å². The number of rotatable bonds is 4. The van der Waals surface area contributed by atoms with Crippen LogP contribution in [0.2, 0.25) is 0 Å². The van der Waals surface area contributed by atoms with Crippen molar-refractivity contribution in [2.45, 2.75) is 39.0 Å². The first-order valence-corrected chi connectivity index (χ1v) is 7.16. The van der Waals surface area contributed by atoms with Crippen molar-refractivity contribution in [3.05, 3.63) is 10.6 Å². The van der Waals surface area contributed by atoms with Crippen molar-refractivity contribution < 1.29 is 4.79 Å². The second kappa shape index (κ2) is 5.63. The molecule has 1 heterocycles. The first-order valence-electron chi connectivity index (χ1n) is 6.34. The van der Waals surface area contributed by atoms with Gasteiger partial charge in [0, 0.05) is 13.6 Å². The van der Waals surface area contributed by atoms with E-state index in [-0.39, 0.29) is 0 Å². The fourth-order valence-corrected chi connectivity index (χ4v) is 3.35. The molecule has 1 aliphatic rings. The van der Waals surface area contributed by atoms with E-state index in [1.807, 2.05) is 6.92 Å². The number of thiazole rings is 1. The average Bonchev–Trinajstić information content (AvgIpc) is 2.72. The van der Waals surface area contributed by atoms with Gasteiger partial charge < -0.3 is 4.90 Å². The molecule has 0 N–H and O–H groups in total. The molecular formula is C13H20N2OS. The van der Waals surface area contributed by atoms with Crippen LogP contribution in [-0.4, -0.2) is 24.9 Å². The number of aromatic nitrogens is 1. The first kappa shape index (κ1) is 12.6. The molecule has 0 saturated heterocycles. The molecule has 4 heteroatoms. The minimum Gasteiger partial charge on any atom is -0.351 e. The van der Waals surface area contributed by atoms with Gasteiger partial charge in [-0.2, -0.15) is 0 Å². The second-order valence-corrected chi connectivity index (χ2v) is 5.96. The molecule has 0 radical (unpaired) electrons. The van der Waals surface area contributed by atoms with Gasteiger partial charge in [0.05, 0.1) is 10.6 Å². The van der Waals surface area contributed by atoms with Crippen LogP contribution in [-0.2, 0) is 0 Å². The van der Waals surface area contributed by atoms with Crippen molar-refractivity contribution in [2.75, 3.05) is 18.5 Å². The van der Waals surface area contributed by atoms with Crippen LogP contribution in [0.5, 0.6) is 0 Å². The number of aryl methyl sites for hydroxylation is 1. The van der Waals surface area contributed by atoms with Crippen molar-refractivity contribution in [3.8, 4) is 0 Å². The first-order chi connectivity index (χ1) is 8.20. The Morgan fingerprint density at radius 2 is 2.12 bits per heavy atom. The number of aldehydes is 1. The lowest BCUT2D eigenvalue weighted by molar-refractivity contribution is 0.112. The molecule has 0 aliphatic heterocycles. The Balaban J connectivity index is 1.98. The number of nitrogens with zero attached hydrogens (tertiary/aromatic N) is 2. The van der Waals surface area contributed by atoms with Crippen LogP contribution in [0.4, 0.5) is 5.13 Å². The molecule has 0 aromatic carbocycles. The SMILES string of the molecule is Cc1nc(N(C)CC2CCCCC2)sc1C=O. The third-order valence-corrected chi connectivity index (χ3v) is 4.71. The lowest BCUT2D eigenvalue weighted by Crippen LogP contribution is -2.26. The van der Waals surface area contributed by atoms with Crippen molar-refractivity contribution in [2.24, 2.45) is 5.92 Å². The predicted molar refractivity (Wildman–Crippen MR) is 72.1 cm³/mol. The van der Waals surface area contributed by atoms with E-state index in [1.54, 1.807) is 0 Å². The van der Waals surface area contributed by atoms with Gasteiger partial charge in [0.2, 0.25) is 0 Å². The van der Waals surface area contributed by atoms with E-state index in [4.69, 9.17) is 0 Å². The fourth-order valence-electron chi connectivity index (χ4n) is 2.50. The van der Waals surface area contributed by atoms with Crippen LogP contribution >= 0.6 is 11.3 Å². The maximum Gasteiger partial charge on any atom is 0.185 e. The van der Waals surface area contributed by atoms with Crippen LogP contribution in [0, 0.1) is 12.8 Å². The summed E-state index contributed by atoms with van der Waals surface area (Å²) in [4.78, 5) is 18.2. The Bertz CT molecular complexity index is 383. The Hall–Kier alpha value is -0.900. The molecule has 1 fully saturated rings. The van der Waals surface area contributed by atoms with Crippen molar-refractivity contribution in [1.82, 2.24) is 4.98 Å². The van der Waals surface area contributed by atoms with Crippen LogP contribution in [0.1, 0.15) is 47.5 Å². The van der Waals surface area contributed by atoms with E-state index in [1.165, 1.54) is 43.4 Å². The van der Waals surface area contributed by atoms with E-state index >= 15 is 0 Å². The molecule has 0 bridgehead atoms. The average molecular weight is 252 g/mol. The summed E-state index contributed by atoms with van der Waals surface area (Å²) >= 11 is 1.50. The minimum absolute atomic E-state index is 0.760. The van der Waals surface area contributed by atoms with Crippen LogP contribution in [0.15, 0.2) is 0 Å². The Morgan fingerprint density at radius 3 is 2.71 bits per heavy atom. The molecule has 94 valence electrons. The lowest BCUT2D eigenvalue weighted by Gasteiger charge is -2.26. The number of carbonyl (C=O) groups is 1. The Kier molecular flexibility index (Phi) is 4.15. The predicted octanol–water partition coefficient (Wildman–Crippen LogP) is 3.28. The zero-order valence-corrected chi connectivity index (χ0v) is 11.4. The van der Waals surface area contributed by atoms with Gasteiger partial charge in [-0.3, -0.25) is 4.79 Å². The highest BCUT2D eigenvalue weighted by atomic mass is 32.1. The topological polar surface area (TPSA) is 33.2 Å². The van der Waals surface area contributed by atoms with Gasteiger partial charge >= 0.3 is 0 Å². The molecule has 3 nitrogen and oxygen atoms in total. The monoisotopic (exact) mass is 252 g/mol. The second-order valence-electron chi connectivity index (χ2n) is 4.95. The summed E-state index contributed by atoms with van der Waals surface area (Å²) in [6.45, 7) is 2.98. The lowest BCUT2D eigenvalue weighted by atomic mass is 9.89. The fraction of sp³-hybridized carbons (Fsp3) is 0.692. The molecule has 0 amide bonds. The van der Waals surface area contributed by atoms with Gasteiger partial charge in [0.15, 0.2) is 11.4 Å². The van der Waals surface area contributed by atoms with Gasteiger partial charge in [-0.05, 0) is 25.7 Å². The molecule has 1 aromatic rings. The number of anilines is 1. The minimum atomic E-state index is 0.760. The normalized spacial score (nSPS) is 17.1. The van der Waals surface area contributed by atoms with Crippen LogP contribution < -0.4 is 4.90 Å². The summed E-state index contributed by atoms with van der Waals surface area (Å²) in [6, 6.07) is 0. The molecule has 1 aromatic heterocycles. The highest BCUT2D eigenvalue weighted by molar-refractivity contribution is 7.17. The van der Waals surface area contributed by atoms with E-state index in [9.17, 15) is 4.79 Å². The number of hydrogen-bond donors (Lipinski definition) is 0. The largest absolute Gasteiger partial charge is 0.351 e. The highest BCUT2D eigenvalue weighted by Gasteiger charge is 2.17. The Morgan fingerprint density at radius 1 is 1.41 bits per heavy atom. The molecule has 2 rings (SSSR count). The third kappa shape index (κ3) is 3.06. The van der Waals surface area contributed by atoms with E-state index in [0.717, 1.165) is 34.5 Å². The summed E-state index contributed by atoms with van der Waals surface area (Å²) in [6.07, 6.45) is 7.73.